The third-order valence-electron chi connectivity index (χ3n) is 4.17. The lowest BCUT2D eigenvalue weighted by molar-refractivity contribution is 0.0326. The second-order valence-corrected chi connectivity index (χ2v) is 6.43. The van der Waals surface area contributed by atoms with Crippen molar-refractivity contribution < 1.29 is 9.47 Å². The Morgan fingerprint density at radius 3 is 2.60 bits per heavy atom. The zero-order chi connectivity index (χ0) is 14.9. The van der Waals surface area contributed by atoms with E-state index in [9.17, 15) is 0 Å². The Hall–Kier alpha value is -0.580. The summed E-state index contributed by atoms with van der Waals surface area (Å²) >= 11 is 3.65. The predicted octanol–water partition coefficient (Wildman–Crippen LogP) is 3.90. The summed E-state index contributed by atoms with van der Waals surface area (Å²) in [7, 11) is 3.73. The van der Waals surface area contributed by atoms with Crippen molar-refractivity contribution in [3.63, 3.8) is 0 Å². The predicted molar refractivity (Wildman–Crippen MR) is 85.5 cm³/mol. The molecule has 0 spiro atoms. The van der Waals surface area contributed by atoms with Gasteiger partial charge in [-0.15, -0.1) is 0 Å². The number of hydrogen-bond donors (Lipinski definition) is 1. The van der Waals surface area contributed by atoms with Crippen LogP contribution in [0.2, 0.25) is 0 Å². The Bertz CT molecular complexity index is 490. The molecule has 1 aromatic carbocycles. The Morgan fingerprint density at radius 2 is 2.10 bits per heavy atom. The molecule has 1 aromatic rings. The molecule has 0 aromatic heterocycles. The molecule has 1 fully saturated rings. The topological polar surface area (TPSA) is 30.5 Å². The number of ether oxygens (including phenoxy) is 2. The molecule has 20 heavy (non-hydrogen) atoms. The van der Waals surface area contributed by atoms with Gasteiger partial charge in [0, 0.05) is 10.0 Å². The van der Waals surface area contributed by atoms with Crippen molar-refractivity contribution in [2.75, 3.05) is 14.2 Å². The molecule has 112 valence electrons. The largest absolute Gasteiger partial charge is 0.496 e. The van der Waals surface area contributed by atoms with Crippen LogP contribution in [-0.2, 0) is 4.74 Å². The second-order valence-electron chi connectivity index (χ2n) is 5.58. The normalized spacial score (nSPS) is 23.9. The first-order valence-corrected chi connectivity index (χ1v) is 7.95. The monoisotopic (exact) mass is 341 g/mol. The molecule has 0 radical (unpaired) electrons. The molecule has 1 N–H and O–H groups in total. The summed E-state index contributed by atoms with van der Waals surface area (Å²) < 4.78 is 12.9. The molecule has 0 saturated carbocycles. The Kier molecular flexibility index (Phi) is 5.10. The Morgan fingerprint density at radius 1 is 1.40 bits per heavy atom. The standard InChI is InChI=1S/C16H24BrNO2/c1-9-8-12(17)11(3)14(16(9)19-5)15(18-4)13-7-6-10(2)20-13/h8,10,13,15,18H,6-7H2,1-5H3. The van der Waals surface area contributed by atoms with Crippen molar-refractivity contribution in [1.29, 1.82) is 0 Å². The number of likely N-dealkylation sites (N-methyl/N-ethyl adjacent to an activating group) is 1. The van der Waals surface area contributed by atoms with Crippen LogP contribution in [-0.4, -0.2) is 26.4 Å². The first kappa shape index (κ1) is 15.8. The van der Waals surface area contributed by atoms with E-state index in [1.165, 1.54) is 11.1 Å². The van der Waals surface area contributed by atoms with Crippen molar-refractivity contribution >= 4 is 15.9 Å². The number of benzene rings is 1. The minimum atomic E-state index is 0.158. The molecule has 1 aliphatic rings. The quantitative estimate of drug-likeness (QED) is 0.900. The summed E-state index contributed by atoms with van der Waals surface area (Å²) in [5, 5.41) is 3.42. The molecule has 3 unspecified atom stereocenters. The van der Waals surface area contributed by atoms with Gasteiger partial charge in [-0.05, 0) is 57.9 Å². The van der Waals surface area contributed by atoms with Gasteiger partial charge in [-0.3, -0.25) is 0 Å². The second kappa shape index (κ2) is 6.46. The van der Waals surface area contributed by atoms with Crippen LogP contribution < -0.4 is 10.1 Å². The van der Waals surface area contributed by atoms with Crippen LogP contribution >= 0.6 is 15.9 Å². The van der Waals surface area contributed by atoms with Crippen LogP contribution in [0.3, 0.4) is 0 Å². The van der Waals surface area contributed by atoms with Gasteiger partial charge in [0.15, 0.2) is 0 Å². The number of rotatable bonds is 4. The highest BCUT2D eigenvalue weighted by molar-refractivity contribution is 9.10. The third-order valence-corrected chi connectivity index (χ3v) is 4.99. The van der Waals surface area contributed by atoms with Crippen LogP contribution in [0, 0.1) is 13.8 Å². The van der Waals surface area contributed by atoms with E-state index >= 15 is 0 Å². The molecular formula is C16H24BrNO2. The SMILES string of the molecule is CNC(c1c(C)c(Br)cc(C)c1OC)C1CCC(C)O1. The van der Waals surface area contributed by atoms with Crippen LogP contribution in [0.1, 0.15) is 42.5 Å². The molecule has 0 amide bonds. The van der Waals surface area contributed by atoms with E-state index in [-0.39, 0.29) is 12.1 Å². The van der Waals surface area contributed by atoms with Gasteiger partial charge in [0.25, 0.3) is 0 Å². The molecule has 3 atom stereocenters. The van der Waals surface area contributed by atoms with Crippen molar-refractivity contribution in [2.24, 2.45) is 0 Å². The minimum absolute atomic E-state index is 0.158. The molecular weight excluding hydrogens is 318 g/mol. The number of methoxy groups -OCH3 is 1. The third kappa shape index (κ3) is 2.87. The summed E-state index contributed by atoms with van der Waals surface area (Å²) in [6.07, 6.45) is 2.75. The number of nitrogens with one attached hydrogen (secondary N) is 1. The highest BCUT2D eigenvalue weighted by Gasteiger charge is 2.33. The molecule has 1 saturated heterocycles. The highest BCUT2D eigenvalue weighted by Crippen LogP contribution is 2.40. The zero-order valence-electron chi connectivity index (χ0n) is 12.9. The lowest BCUT2D eigenvalue weighted by atomic mass is 9.92. The highest BCUT2D eigenvalue weighted by atomic mass is 79.9. The van der Waals surface area contributed by atoms with Gasteiger partial charge < -0.3 is 14.8 Å². The summed E-state index contributed by atoms with van der Waals surface area (Å²) in [6, 6.07) is 2.27. The maximum atomic E-state index is 6.07. The van der Waals surface area contributed by atoms with Crippen molar-refractivity contribution in [1.82, 2.24) is 5.32 Å². The lowest BCUT2D eigenvalue weighted by Gasteiger charge is -2.28. The van der Waals surface area contributed by atoms with Gasteiger partial charge in [-0.2, -0.15) is 0 Å². The maximum Gasteiger partial charge on any atom is 0.126 e. The molecule has 2 rings (SSSR count). The fraction of sp³-hybridized carbons (Fsp3) is 0.625. The van der Waals surface area contributed by atoms with E-state index < -0.39 is 0 Å². The Labute approximate surface area is 130 Å². The molecule has 1 aliphatic heterocycles. The number of aryl methyl sites for hydroxylation is 1. The smallest absolute Gasteiger partial charge is 0.126 e. The van der Waals surface area contributed by atoms with Gasteiger partial charge in [-0.1, -0.05) is 15.9 Å². The average molecular weight is 342 g/mol. The van der Waals surface area contributed by atoms with E-state index in [2.05, 4.69) is 48.1 Å². The van der Waals surface area contributed by atoms with E-state index in [4.69, 9.17) is 9.47 Å². The molecule has 4 heteroatoms. The first-order chi connectivity index (χ1) is 9.49. The average Bonchev–Trinajstić information content (AvgIpc) is 2.83. The summed E-state index contributed by atoms with van der Waals surface area (Å²) in [6.45, 7) is 6.35. The molecule has 1 heterocycles. The van der Waals surface area contributed by atoms with Gasteiger partial charge in [0.1, 0.15) is 5.75 Å². The minimum Gasteiger partial charge on any atom is -0.496 e. The van der Waals surface area contributed by atoms with Crippen LogP contribution in [0.15, 0.2) is 10.5 Å². The Balaban J connectivity index is 2.48. The molecule has 0 aliphatic carbocycles. The van der Waals surface area contributed by atoms with Gasteiger partial charge in [-0.25, -0.2) is 0 Å². The van der Waals surface area contributed by atoms with Gasteiger partial charge in [0.05, 0.1) is 25.4 Å². The van der Waals surface area contributed by atoms with Crippen molar-refractivity contribution in [3.8, 4) is 5.75 Å². The van der Waals surface area contributed by atoms with Crippen LogP contribution in [0.4, 0.5) is 0 Å². The lowest BCUT2D eigenvalue weighted by Crippen LogP contribution is -2.31. The fourth-order valence-corrected chi connectivity index (χ4v) is 3.67. The first-order valence-electron chi connectivity index (χ1n) is 7.15. The van der Waals surface area contributed by atoms with Gasteiger partial charge >= 0.3 is 0 Å². The van der Waals surface area contributed by atoms with E-state index in [1.54, 1.807) is 7.11 Å². The maximum absolute atomic E-state index is 6.07. The number of halogens is 1. The zero-order valence-corrected chi connectivity index (χ0v) is 14.5. The van der Waals surface area contributed by atoms with E-state index in [1.807, 2.05) is 7.05 Å². The van der Waals surface area contributed by atoms with Gasteiger partial charge in [0.2, 0.25) is 0 Å². The fourth-order valence-electron chi connectivity index (χ4n) is 3.12. The van der Waals surface area contributed by atoms with Crippen molar-refractivity contribution in [2.45, 2.75) is 51.9 Å². The van der Waals surface area contributed by atoms with E-state index in [0.29, 0.717) is 6.10 Å². The number of hydrogen-bond acceptors (Lipinski definition) is 3. The summed E-state index contributed by atoms with van der Waals surface area (Å²) in [5.41, 5.74) is 3.57. The van der Waals surface area contributed by atoms with Crippen molar-refractivity contribution in [3.05, 3.63) is 27.2 Å². The van der Waals surface area contributed by atoms with Crippen LogP contribution in [0.25, 0.3) is 0 Å². The van der Waals surface area contributed by atoms with Crippen LogP contribution in [0.5, 0.6) is 5.75 Å². The summed E-state index contributed by atoms with van der Waals surface area (Å²) in [4.78, 5) is 0. The molecule has 0 bridgehead atoms. The van der Waals surface area contributed by atoms with E-state index in [0.717, 1.165) is 28.6 Å². The molecule has 3 nitrogen and oxygen atoms in total. The summed E-state index contributed by atoms with van der Waals surface area (Å²) in [5.74, 6) is 0.966.